The first-order chi connectivity index (χ1) is 11.9. The molecule has 0 aliphatic carbocycles. The van der Waals surface area contributed by atoms with Crippen LogP contribution in [0.5, 0.6) is 0 Å². The summed E-state index contributed by atoms with van der Waals surface area (Å²) in [5.74, 6) is 0.737. The number of anilines is 2. The lowest BCUT2D eigenvalue weighted by Gasteiger charge is -2.22. The average Bonchev–Trinajstić information content (AvgIpc) is 2.95. The minimum absolute atomic E-state index is 0.202. The van der Waals surface area contributed by atoms with Crippen LogP contribution in [0, 0.1) is 0 Å². The number of para-hydroxylation sites is 2. The molecule has 0 bridgehead atoms. The zero-order valence-corrected chi connectivity index (χ0v) is 16.0. The first-order valence-electron chi connectivity index (χ1n) is 8.13. The number of methoxy groups -OCH3 is 1. The third-order valence-electron chi connectivity index (χ3n) is 4.34. The summed E-state index contributed by atoms with van der Waals surface area (Å²) in [6, 6.07) is 13.5. The number of ether oxygens (including phenoxy) is 1. The van der Waals surface area contributed by atoms with Crippen LogP contribution in [0.1, 0.15) is 20.3 Å². The molecule has 1 aromatic heterocycles. The van der Waals surface area contributed by atoms with Crippen LogP contribution in [0.25, 0.3) is 10.9 Å². The largest absolute Gasteiger partial charge is 0.379 e. The number of nitrogens with zero attached hydrogens (tertiary/aromatic N) is 2. The Morgan fingerprint density at radius 1 is 1.08 bits per heavy atom. The molecule has 1 N–H and O–H groups in total. The lowest BCUT2D eigenvalue weighted by Crippen LogP contribution is -2.24. The Labute approximate surface area is 157 Å². The van der Waals surface area contributed by atoms with Gasteiger partial charge in [-0.2, -0.15) is 5.10 Å². The fraction of sp³-hybridized carbons (Fsp3) is 0.316. The Morgan fingerprint density at radius 3 is 2.44 bits per heavy atom. The summed E-state index contributed by atoms with van der Waals surface area (Å²) in [6.45, 7) is 4.89. The topological polar surface area (TPSA) is 39.1 Å². The van der Waals surface area contributed by atoms with Gasteiger partial charge in [-0.05, 0) is 44.5 Å². The van der Waals surface area contributed by atoms with Crippen molar-refractivity contribution in [1.82, 2.24) is 9.78 Å². The van der Waals surface area contributed by atoms with Gasteiger partial charge >= 0.3 is 0 Å². The number of aryl methyl sites for hydroxylation is 1. The smallest absolute Gasteiger partial charge is 0.160 e. The maximum absolute atomic E-state index is 6.28. The molecule has 0 saturated heterocycles. The number of benzene rings is 2. The van der Waals surface area contributed by atoms with Crippen LogP contribution in [-0.4, -0.2) is 22.5 Å². The van der Waals surface area contributed by atoms with E-state index in [-0.39, 0.29) is 5.60 Å². The number of hydrogen-bond acceptors (Lipinski definition) is 3. The molecule has 3 aromatic rings. The maximum Gasteiger partial charge on any atom is 0.160 e. The monoisotopic (exact) mass is 377 g/mol. The molecule has 0 unspecified atom stereocenters. The van der Waals surface area contributed by atoms with Crippen molar-refractivity contribution in [1.29, 1.82) is 0 Å². The molecule has 0 fully saturated rings. The zero-order chi connectivity index (χ0) is 18.0. The van der Waals surface area contributed by atoms with Crippen LogP contribution in [-0.2, 0) is 11.3 Å². The molecule has 0 saturated carbocycles. The molecule has 6 heteroatoms. The SMILES string of the molecule is COC(C)(C)CCn1nc(Nc2c(Cl)cccc2Cl)c2ccccc21. The zero-order valence-electron chi connectivity index (χ0n) is 14.5. The normalized spacial score (nSPS) is 11.9. The lowest BCUT2D eigenvalue weighted by molar-refractivity contribution is 0.0116. The third kappa shape index (κ3) is 3.92. The van der Waals surface area contributed by atoms with E-state index in [1.165, 1.54) is 0 Å². The van der Waals surface area contributed by atoms with E-state index in [0.29, 0.717) is 15.7 Å². The van der Waals surface area contributed by atoms with E-state index in [1.807, 2.05) is 28.9 Å². The molecular formula is C19H21Cl2N3O. The van der Waals surface area contributed by atoms with E-state index in [0.717, 1.165) is 29.7 Å². The number of nitrogens with one attached hydrogen (secondary N) is 1. The van der Waals surface area contributed by atoms with Crippen molar-refractivity contribution < 1.29 is 4.74 Å². The number of halogens is 2. The number of rotatable bonds is 6. The van der Waals surface area contributed by atoms with Gasteiger partial charge in [0, 0.05) is 19.0 Å². The van der Waals surface area contributed by atoms with Crippen molar-refractivity contribution in [2.75, 3.05) is 12.4 Å². The van der Waals surface area contributed by atoms with Crippen LogP contribution >= 0.6 is 23.2 Å². The van der Waals surface area contributed by atoms with Crippen molar-refractivity contribution in [2.45, 2.75) is 32.4 Å². The van der Waals surface area contributed by atoms with Crippen LogP contribution in [0.4, 0.5) is 11.5 Å². The minimum atomic E-state index is -0.202. The van der Waals surface area contributed by atoms with Gasteiger partial charge in [0.25, 0.3) is 0 Å². The van der Waals surface area contributed by atoms with Gasteiger partial charge in [0.15, 0.2) is 5.82 Å². The Morgan fingerprint density at radius 2 is 1.76 bits per heavy atom. The molecular weight excluding hydrogens is 357 g/mol. The van der Waals surface area contributed by atoms with Crippen molar-refractivity contribution in [3.05, 3.63) is 52.5 Å². The van der Waals surface area contributed by atoms with Gasteiger partial charge in [0.05, 0.1) is 26.9 Å². The standard InChI is InChI=1S/C19H21Cl2N3O/c1-19(2,25-3)11-12-24-16-10-5-4-7-13(16)18(23-24)22-17-14(20)8-6-9-15(17)21/h4-10H,11-12H2,1-3H3,(H,22,23). The highest BCUT2D eigenvalue weighted by molar-refractivity contribution is 6.39. The Kier molecular flexibility index (Phi) is 5.23. The lowest BCUT2D eigenvalue weighted by atomic mass is 10.1. The fourth-order valence-corrected chi connectivity index (χ4v) is 3.09. The first-order valence-corrected chi connectivity index (χ1v) is 8.88. The average molecular weight is 378 g/mol. The molecule has 132 valence electrons. The Balaban J connectivity index is 1.97. The molecule has 0 aliphatic rings. The van der Waals surface area contributed by atoms with Crippen molar-refractivity contribution in [3.63, 3.8) is 0 Å². The molecule has 3 rings (SSSR count). The summed E-state index contributed by atoms with van der Waals surface area (Å²) in [5.41, 5.74) is 1.52. The second-order valence-corrected chi connectivity index (χ2v) is 7.34. The van der Waals surface area contributed by atoms with Crippen LogP contribution in [0.15, 0.2) is 42.5 Å². The summed E-state index contributed by atoms with van der Waals surface area (Å²) >= 11 is 12.6. The van der Waals surface area contributed by atoms with Gasteiger partial charge in [-0.15, -0.1) is 0 Å². The van der Waals surface area contributed by atoms with E-state index in [2.05, 4.69) is 25.2 Å². The van der Waals surface area contributed by atoms with Gasteiger partial charge in [0.1, 0.15) is 0 Å². The summed E-state index contributed by atoms with van der Waals surface area (Å²) in [7, 11) is 1.73. The van der Waals surface area contributed by atoms with Crippen LogP contribution in [0.3, 0.4) is 0 Å². The quantitative estimate of drug-likeness (QED) is 0.580. The van der Waals surface area contributed by atoms with Crippen molar-refractivity contribution >= 4 is 45.6 Å². The predicted molar refractivity (Wildman–Crippen MR) is 105 cm³/mol. The van der Waals surface area contributed by atoms with E-state index >= 15 is 0 Å². The van der Waals surface area contributed by atoms with Gasteiger partial charge in [-0.1, -0.05) is 41.4 Å². The fourth-order valence-electron chi connectivity index (χ4n) is 2.60. The number of aromatic nitrogens is 2. The molecule has 2 aromatic carbocycles. The summed E-state index contributed by atoms with van der Waals surface area (Å²) in [4.78, 5) is 0. The summed E-state index contributed by atoms with van der Waals surface area (Å²) < 4.78 is 7.50. The van der Waals surface area contributed by atoms with Gasteiger partial charge < -0.3 is 10.1 Å². The highest BCUT2D eigenvalue weighted by Crippen LogP contribution is 2.34. The second-order valence-electron chi connectivity index (χ2n) is 6.52. The molecule has 0 spiro atoms. The second kappa shape index (κ2) is 7.24. The summed E-state index contributed by atoms with van der Waals surface area (Å²) in [5, 5.41) is 10.2. The molecule has 1 heterocycles. The first kappa shape index (κ1) is 18.1. The maximum atomic E-state index is 6.28. The van der Waals surface area contributed by atoms with E-state index in [4.69, 9.17) is 33.0 Å². The van der Waals surface area contributed by atoms with Gasteiger partial charge in [-0.25, -0.2) is 0 Å². The third-order valence-corrected chi connectivity index (χ3v) is 4.97. The van der Waals surface area contributed by atoms with Gasteiger partial charge in [-0.3, -0.25) is 4.68 Å². The molecule has 4 nitrogen and oxygen atoms in total. The molecule has 0 radical (unpaired) electrons. The highest BCUT2D eigenvalue weighted by Gasteiger charge is 2.18. The van der Waals surface area contributed by atoms with E-state index < -0.39 is 0 Å². The van der Waals surface area contributed by atoms with E-state index in [1.54, 1.807) is 19.2 Å². The number of hydrogen-bond donors (Lipinski definition) is 1. The highest BCUT2D eigenvalue weighted by atomic mass is 35.5. The van der Waals surface area contributed by atoms with Crippen LogP contribution < -0.4 is 5.32 Å². The van der Waals surface area contributed by atoms with Crippen molar-refractivity contribution in [2.24, 2.45) is 0 Å². The van der Waals surface area contributed by atoms with Crippen molar-refractivity contribution in [3.8, 4) is 0 Å². The van der Waals surface area contributed by atoms with Crippen LogP contribution in [0.2, 0.25) is 10.0 Å². The minimum Gasteiger partial charge on any atom is -0.379 e. The van der Waals surface area contributed by atoms with Gasteiger partial charge in [0.2, 0.25) is 0 Å². The Hall–Kier alpha value is -1.75. The van der Waals surface area contributed by atoms with E-state index in [9.17, 15) is 0 Å². The molecule has 25 heavy (non-hydrogen) atoms. The molecule has 0 atom stereocenters. The predicted octanol–water partition coefficient (Wildman–Crippen LogP) is 5.90. The molecule has 0 aliphatic heterocycles. The number of fused-ring (bicyclic) bond motifs is 1. The summed E-state index contributed by atoms with van der Waals surface area (Å²) in [6.07, 6.45) is 0.849. The Bertz CT molecular complexity index is 869. The molecule has 0 amide bonds.